The Morgan fingerprint density at radius 3 is 1.21 bits per heavy atom. The van der Waals surface area contributed by atoms with Crippen LogP contribution in [0.15, 0.2) is 158 Å². The molecule has 0 spiro atoms. The molecule has 0 aromatic heterocycles. The Hall–Kier alpha value is -4.37. The fraction of sp³-hybridized carbons (Fsp3) is 0.533. The molecule has 0 fully saturated rings. The summed E-state index contributed by atoms with van der Waals surface area (Å²) in [4.78, 5) is 35.5. The van der Waals surface area contributed by atoms with Crippen LogP contribution < -0.4 is 0 Å². The van der Waals surface area contributed by atoms with Gasteiger partial charge in [-0.1, -0.05) is 198 Å². The van der Waals surface area contributed by atoms with E-state index in [-0.39, 0.29) is 26.1 Å². The van der Waals surface area contributed by atoms with Gasteiger partial charge in [-0.05, 0) is 103 Å². The summed E-state index contributed by atoms with van der Waals surface area (Å²) in [6.45, 7) is 4.02. The van der Waals surface area contributed by atoms with Crippen molar-refractivity contribution in [1.82, 2.24) is 0 Å². The predicted octanol–water partition coefficient (Wildman–Crippen LogP) is 16.1. The minimum atomic E-state index is -4.42. The van der Waals surface area contributed by atoms with Crippen molar-refractivity contribution in [3.05, 3.63) is 158 Å². The molecule has 0 bridgehead atoms. The van der Waals surface area contributed by atoms with Crippen molar-refractivity contribution < 1.29 is 42.1 Å². The van der Waals surface area contributed by atoms with E-state index in [0.717, 1.165) is 116 Å². The summed E-state index contributed by atoms with van der Waals surface area (Å²) in [5.41, 5.74) is 0. The van der Waals surface area contributed by atoms with Crippen LogP contribution in [-0.2, 0) is 32.7 Å². The molecule has 0 rings (SSSR count). The summed E-state index contributed by atoms with van der Waals surface area (Å²) < 4.78 is 34.3. The molecule has 2 unspecified atom stereocenters. The van der Waals surface area contributed by atoms with Gasteiger partial charge in [0.2, 0.25) is 0 Å². The maximum Gasteiger partial charge on any atom is 0.472 e. The zero-order valence-corrected chi connectivity index (χ0v) is 45.1. The van der Waals surface area contributed by atoms with Gasteiger partial charge in [0.1, 0.15) is 19.8 Å². The smallest absolute Gasteiger partial charge is 0.461 e. The average Bonchev–Trinajstić information content (AvgIpc) is 3.32. The molecular weight excluding hydrogens is 894 g/mol. The molecule has 0 saturated carbocycles. The van der Waals surface area contributed by atoms with Gasteiger partial charge in [-0.25, -0.2) is 4.57 Å². The van der Waals surface area contributed by atoms with Crippen LogP contribution in [0, 0.1) is 0 Å². The third kappa shape index (κ3) is 53.0. The highest BCUT2D eigenvalue weighted by atomic mass is 31.2. The number of phosphoric acid groups is 1. The first-order valence-electron chi connectivity index (χ1n) is 26.2. The van der Waals surface area contributed by atoms with Crippen molar-refractivity contribution in [2.75, 3.05) is 47.5 Å². The van der Waals surface area contributed by atoms with Gasteiger partial charge in [0.15, 0.2) is 6.10 Å². The number of phosphoric ester groups is 1. The SMILES string of the molecule is CC/C=C\C/C=C\C/C=C\C/C=C\C/C=C\C/C=C\C/C=C\C/C=C\CCCCCCCCC(=O)OC(COC(=O)C/C=C\C/C=C\C/C=C\C/C=C\C/C=C\CC)COP(=O)(O)OCC[N+](C)(C)C. The summed E-state index contributed by atoms with van der Waals surface area (Å²) in [6.07, 6.45) is 74.8. The fourth-order valence-electron chi connectivity index (χ4n) is 6.10. The maximum absolute atomic E-state index is 12.8. The second kappa shape index (κ2) is 49.6. The highest BCUT2D eigenvalue weighted by molar-refractivity contribution is 7.47. The number of allylic oxidation sites excluding steroid dienone is 25. The Balaban J connectivity index is 4.35. The van der Waals surface area contributed by atoms with Gasteiger partial charge in [0.05, 0.1) is 34.2 Å². The highest BCUT2D eigenvalue weighted by Crippen LogP contribution is 2.43. The number of nitrogens with zero attached hydrogens (tertiary/aromatic N) is 1. The van der Waals surface area contributed by atoms with Gasteiger partial charge in [0.25, 0.3) is 0 Å². The molecule has 392 valence electrons. The lowest BCUT2D eigenvalue weighted by molar-refractivity contribution is -0.870. The molecule has 0 amide bonds. The first-order chi connectivity index (χ1) is 34.0. The van der Waals surface area contributed by atoms with E-state index in [1.807, 2.05) is 33.3 Å². The quantitative estimate of drug-likeness (QED) is 0.0211. The number of ether oxygens (including phenoxy) is 2. The molecule has 0 aliphatic carbocycles. The van der Waals surface area contributed by atoms with Crippen LogP contribution in [0.2, 0.25) is 0 Å². The summed E-state index contributed by atoms with van der Waals surface area (Å²) in [5.74, 6) is -0.980. The fourth-order valence-corrected chi connectivity index (χ4v) is 6.84. The molecule has 1 N–H and O–H groups in total. The second-order valence-corrected chi connectivity index (χ2v) is 19.3. The van der Waals surface area contributed by atoms with E-state index < -0.39 is 32.5 Å². The molecule has 0 heterocycles. The number of rotatable bonds is 45. The Morgan fingerprint density at radius 2 is 0.814 bits per heavy atom. The van der Waals surface area contributed by atoms with Crippen molar-refractivity contribution in [3.63, 3.8) is 0 Å². The number of hydrogen-bond acceptors (Lipinski definition) is 7. The molecule has 0 aliphatic heterocycles. The van der Waals surface area contributed by atoms with E-state index in [1.54, 1.807) is 6.08 Å². The standard InChI is InChI=1S/C60H94NO8P/c1-6-8-10-12-14-16-18-20-22-23-24-25-26-27-28-29-30-31-32-33-34-35-36-37-39-41-43-45-47-49-51-53-60(63)69-58(57-68-70(64,65)67-55-54-61(3,4)5)56-66-59(62)52-50-48-46-44-42-40-38-21-19-17-15-13-11-9-7-2/h8-11,14-17,20-22,24-25,27-28,30-31,33-34,36-38,42,44,48,50,58H,6-7,12-13,18-19,23,26,29,32,35,39-41,43,45-47,49,51-57H2,1-5H3/p+1/b10-8-,11-9-,16-14-,17-15-,22-20-,25-24-,28-27-,31-30-,34-33-,37-36-,38-21-,44-42-,50-48-. The molecule has 2 atom stereocenters. The van der Waals surface area contributed by atoms with E-state index in [4.69, 9.17) is 18.5 Å². The molecule has 0 aliphatic rings. The molecule has 0 radical (unpaired) electrons. The third-order valence-corrected chi connectivity index (χ3v) is 11.1. The number of hydrogen-bond donors (Lipinski definition) is 1. The van der Waals surface area contributed by atoms with Crippen molar-refractivity contribution in [2.24, 2.45) is 0 Å². The van der Waals surface area contributed by atoms with Crippen molar-refractivity contribution in [3.8, 4) is 0 Å². The topological polar surface area (TPSA) is 108 Å². The first kappa shape index (κ1) is 65.6. The molecule has 0 aromatic rings. The molecule has 10 heteroatoms. The summed E-state index contributed by atoms with van der Waals surface area (Å²) in [5, 5.41) is 0. The number of unbranched alkanes of at least 4 members (excludes halogenated alkanes) is 6. The van der Waals surface area contributed by atoms with E-state index in [9.17, 15) is 19.0 Å². The number of esters is 2. The van der Waals surface area contributed by atoms with Crippen LogP contribution in [0.5, 0.6) is 0 Å². The lowest BCUT2D eigenvalue weighted by Gasteiger charge is -2.24. The summed E-state index contributed by atoms with van der Waals surface area (Å²) in [7, 11) is 1.39. The van der Waals surface area contributed by atoms with Crippen LogP contribution in [0.25, 0.3) is 0 Å². The van der Waals surface area contributed by atoms with Gasteiger partial charge in [-0.2, -0.15) is 0 Å². The van der Waals surface area contributed by atoms with Gasteiger partial charge >= 0.3 is 19.8 Å². The lowest BCUT2D eigenvalue weighted by Crippen LogP contribution is -2.37. The summed E-state index contributed by atoms with van der Waals surface area (Å²) in [6, 6.07) is 0. The third-order valence-electron chi connectivity index (χ3n) is 10.1. The zero-order chi connectivity index (χ0) is 51.3. The van der Waals surface area contributed by atoms with Crippen LogP contribution in [0.4, 0.5) is 0 Å². The van der Waals surface area contributed by atoms with Gasteiger partial charge < -0.3 is 18.9 Å². The van der Waals surface area contributed by atoms with Crippen LogP contribution >= 0.6 is 7.82 Å². The Labute approximate surface area is 426 Å². The van der Waals surface area contributed by atoms with E-state index in [2.05, 4.69) is 154 Å². The molecule has 0 saturated heterocycles. The van der Waals surface area contributed by atoms with Crippen molar-refractivity contribution in [1.29, 1.82) is 0 Å². The Kier molecular flexibility index (Phi) is 46.5. The van der Waals surface area contributed by atoms with Gasteiger partial charge in [-0.3, -0.25) is 18.6 Å². The maximum atomic E-state index is 12.8. The minimum Gasteiger partial charge on any atom is -0.461 e. The molecule has 0 aromatic carbocycles. The number of carbonyl (C=O) groups excluding carboxylic acids is 2. The van der Waals surface area contributed by atoms with Crippen LogP contribution in [-0.4, -0.2) is 74.9 Å². The average molecular weight is 989 g/mol. The molecule has 9 nitrogen and oxygen atoms in total. The van der Waals surface area contributed by atoms with E-state index >= 15 is 0 Å². The van der Waals surface area contributed by atoms with Crippen LogP contribution in [0.1, 0.15) is 155 Å². The second-order valence-electron chi connectivity index (χ2n) is 17.8. The molecule has 70 heavy (non-hydrogen) atoms. The lowest BCUT2D eigenvalue weighted by atomic mass is 10.1. The summed E-state index contributed by atoms with van der Waals surface area (Å²) >= 11 is 0. The van der Waals surface area contributed by atoms with Gasteiger partial charge in [0, 0.05) is 6.42 Å². The number of likely N-dealkylation sites (N-methyl/N-ethyl adjacent to an activating group) is 1. The van der Waals surface area contributed by atoms with Gasteiger partial charge in [-0.15, -0.1) is 0 Å². The normalized spacial score (nSPS) is 14.7. The highest BCUT2D eigenvalue weighted by Gasteiger charge is 2.27. The van der Waals surface area contributed by atoms with E-state index in [1.165, 1.54) is 0 Å². The van der Waals surface area contributed by atoms with E-state index in [0.29, 0.717) is 23.9 Å². The Bertz CT molecular complexity index is 1730. The van der Waals surface area contributed by atoms with Crippen molar-refractivity contribution >= 4 is 19.8 Å². The predicted molar refractivity (Wildman–Crippen MR) is 297 cm³/mol. The first-order valence-corrected chi connectivity index (χ1v) is 27.7. The monoisotopic (exact) mass is 989 g/mol. The zero-order valence-electron chi connectivity index (χ0n) is 44.2. The largest absolute Gasteiger partial charge is 0.472 e. The minimum absolute atomic E-state index is 0.00506. The number of quaternary nitrogens is 1. The molecular formula is C60H95NO8P+. The van der Waals surface area contributed by atoms with Crippen molar-refractivity contribution in [2.45, 2.75) is 161 Å². The Morgan fingerprint density at radius 1 is 0.457 bits per heavy atom. The number of carbonyl (C=O) groups is 2. The van der Waals surface area contributed by atoms with Crippen LogP contribution in [0.3, 0.4) is 0 Å².